The first-order valence-corrected chi connectivity index (χ1v) is 8.98. The standard InChI is InChI=1S/C18H25N3O4S/c1-12(22)25-17-15(23-2)9-13(10-16(17)24-3)11-19-21-18(26)20-14-7-5-4-6-8-14/h9-11,14H,4-8H2,1-3H3,(H2,20,21,26)/b19-11-. The number of thiocarbonyl (C=S) groups is 1. The van der Waals surface area contributed by atoms with Gasteiger partial charge in [0.05, 0.1) is 20.4 Å². The zero-order valence-corrected chi connectivity index (χ0v) is 16.1. The second-order valence-corrected chi connectivity index (χ2v) is 6.43. The number of rotatable bonds is 6. The molecule has 2 N–H and O–H groups in total. The summed E-state index contributed by atoms with van der Waals surface area (Å²) in [5.41, 5.74) is 3.53. The number of methoxy groups -OCH3 is 2. The first kappa shape index (κ1) is 20.0. The lowest BCUT2D eigenvalue weighted by molar-refractivity contribution is -0.132. The second kappa shape index (κ2) is 9.96. The van der Waals surface area contributed by atoms with Gasteiger partial charge in [0.25, 0.3) is 0 Å². The summed E-state index contributed by atoms with van der Waals surface area (Å²) in [5.74, 6) is 0.540. The van der Waals surface area contributed by atoms with Crippen LogP contribution < -0.4 is 25.0 Å². The third kappa shape index (κ3) is 5.87. The maximum atomic E-state index is 11.3. The van der Waals surface area contributed by atoms with E-state index in [0.717, 1.165) is 12.8 Å². The Morgan fingerprint density at radius 3 is 2.35 bits per heavy atom. The third-order valence-corrected chi connectivity index (χ3v) is 4.26. The molecule has 2 rings (SSSR count). The smallest absolute Gasteiger partial charge is 0.308 e. The Hall–Kier alpha value is -2.35. The number of hydrogen-bond acceptors (Lipinski definition) is 6. The molecule has 0 unspecified atom stereocenters. The average molecular weight is 379 g/mol. The van der Waals surface area contributed by atoms with E-state index < -0.39 is 5.97 Å². The van der Waals surface area contributed by atoms with Crippen LogP contribution >= 0.6 is 12.2 Å². The van der Waals surface area contributed by atoms with E-state index in [1.807, 2.05) is 0 Å². The summed E-state index contributed by atoms with van der Waals surface area (Å²) < 4.78 is 15.7. The summed E-state index contributed by atoms with van der Waals surface area (Å²) >= 11 is 5.27. The number of hydrazone groups is 1. The normalized spacial score (nSPS) is 14.7. The van der Waals surface area contributed by atoms with E-state index in [1.54, 1.807) is 18.3 Å². The summed E-state index contributed by atoms with van der Waals surface area (Å²) in [6.07, 6.45) is 7.63. The topological polar surface area (TPSA) is 81.2 Å². The fraction of sp³-hybridized carbons (Fsp3) is 0.500. The van der Waals surface area contributed by atoms with Crippen molar-refractivity contribution in [1.82, 2.24) is 10.7 Å². The number of hydrogen-bond donors (Lipinski definition) is 2. The zero-order valence-electron chi connectivity index (χ0n) is 15.3. The van der Waals surface area contributed by atoms with Crippen LogP contribution in [0.15, 0.2) is 17.2 Å². The van der Waals surface area contributed by atoms with Crippen LogP contribution in [0.5, 0.6) is 17.2 Å². The molecule has 1 saturated carbocycles. The van der Waals surface area contributed by atoms with E-state index in [2.05, 4.69) is 15.8 Å². The van der Waals surface area contributed by atoms with Gasteiger partial charge in [-0.1, -0.05) is 19.3 Å². The molecule has 0 heterocycles. The highest BCUT2D eigenvalue weighted by Crippen LogP contribution is 2.38. The summed E-state index contributed by atoms with van der Waals surface area (Å²) in [7, 11) is 2.98. The van der Waals surface area contributed by atoms with Crippen molar-refractivity contribution < 1.29 is 19.0 Å². The molecule has 1 fully saturated rings. The Kier molecular flexibility index (Phi) is 7.65. The van der Waals surface area contributed by atoms with Crippen LogP contribution in [-0.4, -0.2) is 37.6 Å². The van der Waals surface area contributed by atoms with Crippen molar-refractivity contribution in [2.24, 2.45) is 5.10 Å². The molecule has 0 amide bonds. The quantitative estimate of drug-likeness (QED) is 0.259. The van der Waals surface area contributed by atoms with Crippen molar-refractivity contribution >= 4 is 29.5 Å². The number of nitrogens with one attached hydrogen (secondary N) is 2. The van der Waals surface area contributed by atoms with Crippen LogP contribution in [0.25, 0.3) is 0 Å². The molecule has 0 atom stereocenters. The molecule has 0 bridgehead atoms. The number of carbonyl (C=O) groups excluding carboxylic acids is 1. The predicted octanol–water partition coefficient (Wildman–Crippen LogP) is 2.76. The van der Waals surface area contributed by atoms with Crippen molar-refractivity contribution in [3.63, 3.8) is 0 Å². The molecule has 1 aliphatic rings. The summed E-state index contributed by atoms with van der Waals surface area (Å²) in [6, 6.07) is 3.81. The second-order valence-electron chi connectivity index (χ2n) is 6.03. The van der Waals surface area contributed by atoms with Crippen LogP contribution in [-0.2, 0) is 4.79 Å². The minimum atomic E-state index is -0.455. The molecular weight excluding hydrogens is 354 g/mol. The lowest BCUT2D eigenvalue weighted by Crippen LogP contribution is -2.40. The van der Waals surface area contributed by atoms with E-state index in [0.29, 0.717) is 28.2 Å². The van der Waals surface area contributed by atoms with Crippen molar-refractivity contribution in [2.45, 2.75) is 45.1 Å². The summed E-state index contributed by atoms with van der Waals surface area (Å²) in [6.45, 7) is 1.32. The van der Waals surface area contributed by atoms with Gasteiger partial charge in [0, 0.05) is 18.5 Å². The van der Waals surface area contributed by atoms with E-state index in [4.69, 9.17) is 26.4 Å². The molecule has 1 aromatic rings. The largest absolute Gasteiger partial charge is 0.493 e. The monoisotopic (exact) mass is 379 g/mol. The minimum Gasteiger partial charge on any atom is -0.493 e. The lowest BCUT2D eigenvalue weighted by Gasteiger charge is -2.23. The van der Waals surface area contributed by atoms with Crippen LogP contribution in [0.1, 0.15) is 44.6 Å². The average Bonchev–Trinajstić information content (AvgIpc) is 2.62. The highest BCUT2D eigenvalue weighted by Gasteiger charge is 2.16. The van der Waals surface area contributed by atoms with Gasteiger partial charge in [0.1, 0.15) is 0 Å². The molecule has 26 heavy (non-hydrogen) atoms. The van der Waals surface area contributed by atoms with Crippen LogP contribution in [0.4, 0.5) is 0 Å². The Balaban J connectivity index is 2.02. The van der Waals surface area contributed by atoms with Gasteiger partial charge < -0.3 is 19.5 Å². The van der Waals surface area contributed by atoms with Crippen LogP contribution in [0.2, 0.25) is 0 Å². The molecule has 0 spiro atoms. The molecule has 0 aliphatic heterocycles. The fourth-order valence-corrected chi connectivity index (χ4v) is 3.07. The van der Waals surface area contributed by atoms with Gasteiger partial charge in [-0.3, -0.25) is 10.2 Å². The highest BCUT2D eigenvalue weighted by atomic mass is 32.1. The summed E-state index contributed by atoms with van der Waals surface area (Å²) in [5, 5.41) is 7.93. The zero-order chi connectivity index (χ0) is 18.9. The molecule has 8 heteroatoms. The number of benzene rings is 1. The minimum absolute atomic E-state index is 0.238. The molecular formula is C18H25N3O4S. The van der Waals surface area contributed by atoms with Gasteiger partial charge >= 0.3 is 5.97 Å². The number of esters is 1. The number of ether oxygens (including phenoxy) is 3. The SMILES string of the molecule is COc1cc(/C=N\NC(=S)NC2CCCCC2)cc(OC)c1OC(C)=O. The molecule has 0 radical (unpaired) electrons. The van der Waals surface area contributed by atoms with Gasteiger partial charge in [0.15, 0.2) is 16.6 Å². The number of carbonyl (C=O) groups is 1. The van der Waals surface area contributed by atoms with Crippen LogP contribution in [0.3, 0.4) is 0 Å². The molecule has 7 nitrogen and oxygen atoms in total. The third-order valence-electron chi connectivity index (χ3n) is 4.05. The van der Waals surface area contributed by atoms with E-state index in [1.165, 1.54) is 40.4 Å². The predicted molar refractivity (Wildman–Crippen MR) is 104 cm³/mol. The Morgan fingerprint density at radius 1 is 1.19 bits per heavy atom. The Labute approximate surface area is 159 Å². The van der Waals surface area contributed by atoms with E-state index in [-0.39, 0.29) is 5.75 Å². The highest BCUT2D eigenvalue weighted by molar-refractivity contribution is 7.80. The van der Waals surface area contributed by atoms with Gasteiger partial charge in [-0.15, -0.1) is 0 Å². The Morgan fingerprint density at radius 2 is 1.81 bits per heavy atom. The van der Waals surface area contributed by atoms with Crippen molar-refractivity contribution in [3.05, 3.63) is 17.7 Å². The maximum absolute atomic E-state index is 11.3. The van der Waals surface area contributed by atoms with Gasteiger partial charge in [0.2, 0.25) is 5.75 Å². The maximum Gasteiger partial charge on any atom is 0.308 e. The van der Waals surface area contributed by atoms with Gasteiger partial charge in [-0.2, -0.15) is 5.10 Å². The fourth-order valence-electron chi connectivity index (χ4n) is 2.85. The van der Waals surface area contributed by atoms with E-state index >= 15 is 0 Å². The van der Waals surface area contributed by atoms with E-state index in [9.17, 15) is 4.79 Å². The molecule has 1 aromatic carbocycles. The lowest BCUT2D eigenvalue weighted by atomic mass is 9.96. The van der Waals surface area contributed by atoms with Crippen molar-refractivity contribution in [3.8, 4) is 17.2 Å². The van der Waals surface area contributed by atoms with Crippen molar-refractivity contribution in [2.75, 3.05) is 14.2 Å². The molecule has 0 saturated heterocycles. The van der Waals surface area contributed by atoms with Gasteiger partial charge in [-0.25, -0.2) is 0 Å². The number of nitrogens with zero attached hydrogens (tertiary/aromatic N) is 1. The van der Waals surface area contributed by atoms with Crippen molar-refractivity contribution in [1.29, 1.82) is 0 Å². The Bertz CT molecular complexity index is 647. The first-order valence-electron chi connectivity index (χ1n) is 8.57. The summed E-state index contributed by atoms with van der Waals surface area (Å²) in [4.78, 5) is 11.3. The van der Waals surface area contributed by atoms with Crippen LogP contribution in [0, 0.1) is 0 Å². The first-order chi connectivity index (χ1) is 12.5. The molecule has 142 valence electrons. The molecule has 1 aliphatic carbocycles. The molecule has 0 aromatic heterocycles. The van der Waals surface area contributed by atoms with Gasteiger partial charge in [-0.05, 0) is 37.2 Å².